The van der Waals surface area contributed by atoms with Crippen molar-refractivity contribution in [3.05, 3.63) is 11.6 Å². The lowest BCUT2D eigenvalue weighted by Crippen LogP contribution is -2.67. The molecule has 0 aromatic rings. The molecule has 6 aliphatic rings. The van der Waals surface area contributed by atoms with Crippen molar-refractivity contribution in [3.8, 4) is 0 Å². The molecule has 0 radical (unpaired) electrons. The Kier molecular flexibility index (Phi) is 6.93. The van der Waals surface area contributed by atoms with Gasteiger partial charge in [-0.2, -0.15) is 0 Å². The molecule has 1 unspecified atom stereocenters. The molecule has 4 N–H and O–H groups in total. The Balaban J connectivity index is 1.23. The van der Waals surface area contributed by atoms with Crippen LogP contribution in [0.25, 0.3) is 0 Å². The predicted molar refractivity (Wildman–Crippen MR) is 136 cm³/mol. The molecule has 0 bridgehead atoms. The van der Waals surface area contributed by atoms with Gasteiger partial charge in [0.15, 0.2) is 6.29 Å². The first kappa shape index (κ1) is 28.5. The number of aliphatic hydroxyl groups is 3. The van der Waals surface area contributed by atoms with E-state index in [0.717, 1.165) is 18.4 Å². The third-order valence-electron chi connectivity index (χ3n) is 11.7. The molecule has 2 aliphatic heterocycles. The molecule has 40 heavy (non-hydrogen) atoms. The summed E-state index contributed by atoms with van der Waals surface area (Å²) in [7, 11) is 1.19. The van der Waals surface area contributed by atoms with E-state index in [9.17, 15) is 30.2 Å². The summed E-state index contributed by atoms with van der Waals surface area (Å²) < 4.78 is 21.8. The van der Waals surface area contributed by atoms with Crippen molar-refractivity contribution in [2.75, 3.05) is 13.7 Å². The number of hydrogen-bond acceptors (Lipinski definition) is 11. The molecule has 11 nitrogen and oxygen atoms in total. The first-order valence-electron chi connectivity index (χ1n) is 14.6. The van der Waals surface area contributed by atoms with Crippen LogP contribution in [0.2, 0.25) is 0 Å². The Morgan fingerprint density at radius 1 is 1.10 bits per heavy atom. The zero-order valence-electron chi connectivity index (χ0n) is 23.4. The second-order valence-electron chi connectivity index (χ2n) is 13.4. The van der Waals surface area contributed by atoms with Gasteiger partial charge in [0.05, 0.1) is 31.0 Å². The van der Waals surface area contributed by atoms with E-state index in [2.05, 4.69) is 6.92 Å². The Morgan fingerprint density at radius 2 is 1.88 bits per heavy atom. The lowest BCUT2D eigenvalue weighted by Gasteiger charge is -2.63. The van der Waals surface area contributed by atoms with Gasteiger partial charge in [-0.3, -0.25) is 5.26 Å². The molecule has 6 rings (SSSR count). The second kappa shape index (κ2) is 9.72. The molecule has 224 valence electrons. The summed E-state index contributed by atoms with van der Waals surface area (Å²) >= 11 is 0. The maximum Gasteiger partial charge on any atom is 0.343 e. The number of esters is 2. The van der Waals surface area contributed by atoms with Gasteiger partial charge < -0.3 is 34.3 Å². The monoisotopic (exact) mass is 566 g/mol. The third-order valence-corrected chi connectivity index (χ3v) is 11.7. The second-order valence-corrected chi connectivity index (χ2v) is 13.4. The maximum atomic E-state index is 12.4. The number of ether oxygens (including phenoxy) is 4. The number of hydrogen-bond donors (Lipinski definition) is 4. The lowest BCUT2D eigenvalue weighted by atomic mass is 9.46. The first-order chi connectivity index (χ1) is 18.9. The van der Waals surface area contributed by atoms with Gasteiger partial charge in [-0.25, -0.2) is 14.5 Å². The summed E-state index contributed by atoms with van der Waals surface area (Å²) in [4.78, 5) is 29.5. The highest BCUT2D eigenvalue weighted by Gasteiger charge is 2.70. The minimum Gasteiger partial charge on any atom is -0.467 e. The number of cyclic esters (lactones) is 1. The Hall–Kier alpha value is -1.60. The van der Waals surface area contributed by atoms with Crippen LogP contribution < -0.4 is 0 Å². The fourth-order valence-corrected chi connectivity index (χ4v) is 9.82. The van der Waals surface area contributed by atoms with Crippen LogP contribution in [-0.2, 0) is 33.4 Å². The molecule has 2 heterocycles. The summed E-state index contributed by atoms with van der Waals surface area (Å²) in [5.41, 5.74) is -3.54. The molecule has 12 atom stereocenters. The average molecular weight is 567 g/mol. The number of aliphatic hydroxyl groups excluding tert-OH is 1. The highest BCUT2D eigenvalue weighted by molar-refractivity contribution is 5.85. The number of carbonyl (C=O) groups is 2. The fourth-order valence-electron chi connectivity index (χ4n) is 9.82. The van der Waals surface area contributed by atoms with Gasteiger partial charge >= 0.3 is 11.9 Å². The Labute approximate surface area is 233 Å². The molecular formula is C29H42O11. The summed E-state index contributed by atoms with van der Waals surface area (Å²) in [5, 5.41) is 45.1. The molecule has 11 heteroatoms. The third kappa shape index (κ3) is 3.88. The number of carbonyl (C=O) groups excluding carboxylic acids is 2. The Morgan fingerprint density at radius 3 is 2.55 bits per heavy atom. The standard InChI is InChI=1S/C29H42O11/c1-15-12-27(33,24(32)36-3)25(38-15)39-22-11-17-4-5-20-19(28(17,40-35)13-21(22)30)6-8-26(2)18(7-9-29(20,26)34)16-10-23(31)37-14-16/h10,15,17-22,25,30,33-35H,4-9,11-14H2,1-3H3/t15-,17+,18-,19+,20-,21-,22-,25+,26-,27+,28?,29+/m1/s1. The van der Waals surface area contributed by atoms with E-state index < -0.39 is 52.8 Å². The van der Waals surface area contributed by atoms with Crippen molar-refractivity contribution >= 4 is 11.9 Å². The van der Waals surface area contributed by atoms with Gasteiger partial charge in [0.25, 0.3) is 0 Å². The largest absolute Gasteiger partial charge is 0.467 e. The number of rotatable bonds is 5. The lowest BCUT2D eigenvalue weighted by molar-refractivity contribution is -0.394. The number of methoxy groups -OCH3 is 1. The van der Waals surface area contributed by atoms with E-state index in [1.165, 1.54) is 7.11 Å². The summed E-state index contributed by atoms with van der Waals surface area (Å²) in [6.45, 7) is 4.12. The van der Waals surface area contributed by atoms with Crippen LogP contribution in [0.3, 0.4) is 0 Å². The van der Waals surface area contributed by atoms with Crippen LogP contribution in [0, 0.1) is 29.1 Å². The van der Waals surface area contributed by atoms with Crippen LogP contribution >= 0.6 is 0 Å². The summed E-state index contributed by atoms with van der Waals surface area (Å²) in [6.07, 6.45) is 2.57. The van der Waals surface area contributed by atoms with E-state index in [1.807, 2.05) is 0 Å². The topological polar surface area (TPSA) is 161 Å². The smallest absolute Gasteiger partial charge is 0.343 e. The molecular weight excluding hydrogens is 524 g/mol. The van der Waals surface area contributed by atoms with Crippen molar-refractivity contribution in [2.45, 2.75) is 113 Å². The molecule has 4 saturated carbocycles. The SMILES string of the molecule is COC(=O)[C@@]1(O)C[C@@H](C)O[C@H]1O[C@@H]1C[C@@H]2CC[C@@H]3[C@H](CC[C@]4(C)[C@@H](C5=CC(=O)OC5)CC[C@]34O)C2(OO)C[C@H]1O. The summed E-state index contributed by atoms with van der Waals surface area (Å²) in [6, 6.07) is 0. The van der Waals surface area contributed by atoms with Crippen molar-refractivity contribution in [2.24, 2.45) is 29.1 Å². The molecule has 0 spiro atoms. The van der Waals surface area contributed by atoms with E-state index in [1.54, 1.807) is 13.0 Å². The van der Waals surface area contributed by atoms with Crippen LogP contribution in [0.15, 0.2) is 11.6 Å². The van der Waals surface area contributed by atoms with E-state index in [4.69, 9.17) is 23.8 Å². The molecule has 0 aromatic carbocycles. The highest BCUT2D eigenvalue weighted by Crippen LogP contribution is 2.68. The predicted octanol–water partition coefficient (Wildman–Crippen LogP) is 1.86. The van der Waals surface area contributed by atoms with Crippen LogP contribution in [0.4, 0.5) is 0 Å². The van der Waals surface area contributed by atoms with Crippen molar-refractivity contribution in [1.82, 2.24) is 0 Å². The van der Waals surface area contributed by atoms with Crippen LogP contribution in [-0.4, -0.2) is 87.6 Å². The summed E-state index contributed by atoms with van der Waals surface area (Å²) in [5.74, 6) is -1.64. The van der Waals surface area contributed by atoms with E-state index >= 15 is 0 Å². The molecule has 5 fully saturated rings. The molecule has 0 amide bonds. The minimum absolute atomic E-state index is 0.0135. The van der Waals surface area contributed by atoms with Gasteiger partial charge in [0.1, 0.15) is 12.2 Å². The zero-order valence-corrected chi connectivity index (χ0v) is 23.4. The molecule has 4 aliphatic carbocycles. The zero-order chi connectivity index (χ0) is 28.7. The normalized spacial score (nSPS) is 51.9. The Bertz CT molecular complexity index is 1080. The van der Waals surface area contributed by atoms with Gasteiger partial charge in [-0.1, -0.05) is 6.92 Å². The first-order valence-corrected chi connectivity index (χ1v) is 14.6. The van der Waals surface area contributed by atoms with Gasteiger partial charge in [0.2, 0.25) is 5.60 Å². The van der Waals surface area contributed by atoms with Crippen LogP contribution in [0.5, 0.6) is 0 Å². The van der Waals surface area contributed by atoms with E-state index in [0.29, 0.717) is 32.1 Å². The van der Waals surface area contributed by atoms with Gasteiger partial charge in [-0.15, -0.1) is 0 Å². The van der Waals surface area contributed by atoms with Crippen molar-refractivity contribution < 1.29 is 54.0 Å². The van der Waals surface area contributed by atoms with Gasteiger partial charge in [0, 0.05) is 24.3 Å². The van der Waals surface area contributed by atoms with E-state index in [-0.39, 0.29) is 49.1 Å². The van der Waals surface area contributed by atoms with Crippen molar-refractivity contribution in [1.29, 1.82) is 0 Å². The van der Waals surface area contributed by atoms with Crippen molar-refractivity contribution in [3.63, 3.8) is 0 Å². The fraction of sp³-hybridized carbons (Fsp3) is 0.862. The van der Waals surface area contributed by atoms with Crippen LogP contribution in [0.1, 0.15) is 71.6 Å². The maximum absolute atomic E-state index is 12.4. The highest BCUT2D eigenvalue weighted by atomic mass is 17.1. The molecule has 1 saturated heterocycles. The quantitative estimate of drug-likeness (QED) is 0.218. The number of fused-ring (bicyclic) bond motifs is 5. The molecule has 0 aromatic heterocycles. The average Bonchev–Trinajstić information content (AvgIpc) is 3.56. The minimum atomic E-state index is -1.98. The van der Waals surface area contributed by atoms with Gasteiger partial charge in [-0.05, 0) is 81.1 Å².